The first-order chi connectivity index (χ1) is 8.86. The van der Waals surface area contributed by atoms with E-state index in [1.165, 1.54) is 10.9 Å². The lowest BCUT2D eigenvalue weighted by Gasteiger charge is -2.21. The Bertz CT molecular complexity index is 612. The lowest BCUT2D eigenvalue weighted by atomic mass is 10.1. The van der Waals surface area contributed by atoms with Gasteiger partial charge >= 0.3 is 5.69 Å². The fourth-order valence-electron chi connectivity index (χ4n) is 1.75. The summed E-state index contributed by atoms with van der Waals surface area (Å²) < 4.78 is 3.25. The van der Waals surface area contributed by atoms with Crippen molar-refractivity contribution in [1.29, 1.82) is 0 Å². The summed E-state index contributed by atoms with van der Waals surface area (Å²) in [6, 6.07) is 0. The Labute approximate surface area is 110 Å². The second-order valence-corrected chi connectivity index (χ2v) is 4.78. The Morgan fingerprint density at radius 2 is 2.11 bits per heavy atom. The van der Waals surface area contributed by atoms with Gasteiger partial charge in [-0.3, -0.25) is 19.5 Å². The van der Waals surface area contributed by atoms with Crippen LogP contribution in [0.3, 0.4) is 0 Å². The van der Waals surface area contributed by atoms with Crippen molar-refractivity contribution in [3.63, 3.8) is 0 Å². The molecule has 0 amide bonds. The molecular formula is C11H16N6O2. The molecule has 2 heterocycles. The minimum atomic E-state index is -0.639. The van der Waals surface area contributed by atoms with Gasteiger partial charge in [0.15, 0.2) is 5.82 Å². The lowest BCUT2D eigenvalue weighted by molar-refractivity contribution is -0.385. The molecule has 0 aliphatic heterocycles. The molecule has 0 spiro atoms. The van der Waals surface area contributed by atoms with E-state index in [0.717, 1.165) is 6.54 Å². The van der Waals surface area contributed by atoms with Gasteiger partial charge in [-0.1, -0.05) is 0 Å². The predicted molar refractivity (Wildman–Crippen MR) is 67.7 cm³/mol. The molecule has 0 bridgehead atoms. The average molecular weight is 264 g/mol. The maximum atomic E-state index is 10.9. The molecule has 0 saturated carbocycles. The highest BCUT2D eigenvalue weighted by atomic mass is 16.6. The summed E-state index contributed by atoms with van der Waals surface area (Å²) in [6.07, 6.45) is 3.06. The summed E-state index contributed by atoms with van der Waals surface area (Å²) in [4.78, 5) is 14.7. The lowest BCUT2D eigenvalue weighted by Crippen LogP contribution is -2.30. The number of aromatic nitrogens is 5. The van der Waals surface area contributed by atoms with E-state index in [2.05, 4.69) is 15.2 Å². The Balaban J connectivity index is 2.43. The molecule has 8 heteroatoms. The first-order valence-electron chi connectivity index (χ1n) is 5.97. The maximum absolute atomic E-state index is 10.9. The predicted octanol–water partition coefficient (Wildman–Crippen LogP) is 1.49. The second-order valence-electron chi connectivity index (χ2n) is 4.78. The van der Waals surface area contributed by atoms with Crippen LogP contribution < -0.4 is 0 Å². The van der Waals surface area contributed by atoms with Gasteiger partial charge in [0, 0.05) is 6.54 Å². The number of nitro groups is 1. The fourth-order valence-corrected chi connectivity index (χ4v) is 1.75. The summed E-state index contributed by atoms with van der Waals surface area (Å²) >= 11 is 0. The highest BCUT2D eigenvalue weighted by Crippen LogP contribution is 2.25. The van der Waals surface area contributed by atoms with E-state index < -0.39 is 10.5 Å². The number of rotatable bonds is 4. The van der Waals surface area contributed by atoms with Gasteiger partial charge in [-0.2, -0.15) is 10.2 Å². The van der Waals surface area contributed by atoms with Crippen molar-refractivity contribution in [2.75, 3.05) is 0 Å². The molecule has 102 valence electrons. The zero-order valence-electron chi connectivity index (χ0n) is 11.4. The zero-order valence-corrected chi connectivity index (χ0v) is 11.4. The van der Waals surface area contributed by atoms with Crippen molar-refractivity contribution < 1.29 is 4.92 Å². The van der Waals surface area contributed by atoms with Crippen molar-refractivity contribution in [1.82, 2.24) is 24.5 Å². The summed E-state index contributed by atoms with van der Waals surface area (Å²) in [5.41, 5.74) is -0.254. The molecule has 2 rings (SSSR count). The van der Waals surface area contributed by atoms with Crippen molar-refractivity contribution in [3.8, 4) is 0 Å². The Kier molecular flexibility index (Phi) is 3.09. The molecular weight excluding hydrogens is 248 g/mol. The molecule has 0 fully saturated rings. The van der Waals surface area contributed by atoms with Gasteiger partial charge in [0.05, 0.1) is 4.92 Å². The van der Waals surface area contributed by atoms with Crippen LogP contribution in [0.25, 0.3) is 0 Å². The van der Waals surface area contributed by atoms with Gasteiger partial charge < -0.3 is 0 Å². The van der Waals surface area contributed by atoms with Gasteiger partial charge in [-0.25, -0.2) is 4.98 Å². The number of aryl methyl sites for hydroxylation is 2. The fraction of sp³-hybridized carbons (Fsp3) is 0.545. The first kappa shape index (κ1) is 13.2. The van der Waals surface area contributed by atoms with Crippen LogP contribution in [0, 0.1) is 17.0 Å². The molecule has 2 aromatic heterocycles. The van der Waals surface area contributed by atoms with E-state index in [4.69, 9.17) is 0 Å². The van der Waals surface area contributed by atoms with Crippen molar-refractivity contribution in [2.45, 2.75) is 39.8 Å². The van der Waals surface area contributed by atoms with Crippen LogP contribution in [0.4, 0.5) is 5.69 Å². The van der Waals surface area contributed by atoms with E-state index >= 15 is 0 Å². The topological polar surface area (TPSA) is 91.7 Å². The third-order valence-electron chi connectivity index (χ3n) is 3.05. The molecule has 8 nitrogen and oxygen atoms in total. The molecule has 19 heavy (non-hydrogen) atoms. The second kappa shape index (κ2) is 4.45. The van der Waals surface area contributed by atoms with Crippen LogP contribution in [-0.4, -0.2) is 29.5 Å². The van der Waals surface area contributed by atoms with Crippen molar-refractivity contribution in [2.24, 2.45) is 0 Å². The van der Waals surface area contributed by atoms with Crippen LogP contribution in [0.1, 0.15) is 32.3 Å². The largest absolute Gasteiger partial charge is 0.309 e. The zero-order chi connectivity index (χ0) is 14.2. The smallest absolute Gasteiger partial charge is 0.258 e. The van der Waals surface area contributed by atoms with Crippen molar-refractivity contribution in [3.05, 3.63) is 34.2 Å². The van der Waals surface area contributed by atoms with Gasteiger partial charge in [0.25, 0.3) is 0 Å². The number of nitrogens with zero attached hydrogens (tertiary/aromatic N) is 6. The van der Waals surface area contributed by atoms with Gasteiger partial charge in [-0.05, 0) is 27.7 Å². The van der Waals surface area contributed by atoms with Crippen LogP contribution in [0.2, 0.25) is 0 Å². The van der Waals surface area contributed by atoms with Crippen LogP contribution in [-0.2, 0) is 12.1 Å². The molecule has 0 unspecified atom stereocenters. The molecule has 0 atom stereocenters. The third kappa shape index (κ3) is 2.20. The maximum Gasteiger partial charge on any atom is 0.309 e. The van der Waals surface area contributed by atoms with Gasteiger partial charge in [0.2, 0.25) is 0 Å². The molecule has 2 aromatic rings. The summed E-state index contributed by atoms with van der Waals surface area (Å²) in [5.74, 6) is 0.576. The highest BCUT2D eigenvalue weighted by molar-refractivity contribution is 5.32. The van der Waals surface area contributed by atoms with Gasteiger partial charge in [-0.15, -0.1) is 0 Å². The Hall–Kier alpha value is -2.25. The third-order valence-corrected chi connectivity index (χ3v) is 3.05. The SMILES string of the molecule is CCn1cnc(C(C)(C)n2cc([N+](=O)[O-])c(C)n2)n1. The number of hydrogen-bond acceptors (Lipinski definition) is 5. The number of hydrogen-bond donors (Lipinski definition) is 0. The quantitative estimate of drug-likeness (QED) is 0.616. The monoisotopic (exact) mass is 264 g/mol. The van der Waals surface area contributed by atoms with E-state index in [9.17, 15) is 10.1 Å². The average Bonchev–Trinajstić information content (AvgIpc) is 2.95. The molecule has 0 radical (unpaired) electrons. The summed E-state index contributed by atoms with van der Waals surface area (Å²) in [6.45, 7) is 8.05. The van der Waals surface area contributed by atoms with Crippen LogP contribution in [0.15, 0.2) is 12.5 Å². The summed E-state index contributed by atoms with van der Waals surface area (Å²) in [5, 5.41) is 19.4. The van der Waals surface area contributed by atoms with E-state index in [0.29, 0.717) is 11.5 Å². The van der Waals surface area contributed by atoms with E-state index in [1.54, 1.807) is 17.9 Å². The van der Waals surface area contributed by atoms with E-state index in [1.807, 2.05) is 20.8 Å². The minimum Gasteiger partial charge on any atom is -0.258 e. The minimum absolute atomic E-state index is 0.00278. The first-order valence-corrected chi connectivity index (χ1v) is 5.97. The summed E-state index contributed by atoms with van der Waals surface area (Å²) in [7, 11) is 0. The highest BCUT2D eigenvalue weighted by Gasteiger charge is 2.31. The molecule has 0 aliphatic carbocycles. The van der Waals surface area contributed by atoms with Crippen LogP contribution in [0.5, 0.6) is 0 Å². The Morgan fingerprint density at radius 1 is 1.42 bits per heavy atom. The normalized spacial score (nSPS) is 11.8. The van der Waals surface area contributed by atoms with E-state index in [-0.39, 0.29) is 5.69 Å². The van der Waals surface area contributed by atoms with Crippen LogP contribution >= 0.6 is 0 Å². The molecule has 0 saturated heterocycles. The van der Waals surface area contributed by atoms with Gasteiger partial charge in [0.1, 0.15) is 23.8 Å². The molecule has 0 aromatic carbocycles. The van der Waals surface area contributed by atoms with Crippen molar-refractivity contribution >= 4 is 5.69 Å². The molecule has 0 N–H and O–H groups in total. The molecule has 0 aliphatic rings. The Morgan fingerprint density at radius 3 is 2.58 bits per heavy atom. The standard InChI is InChI=1S/C11H16N6O2/c1-5-15-7-12-10(14-15)11(3,4)16-6-9(17(18)19)8(2)13-16/h6-7H,5H2,1-4H3.